The van der Waals surface area contributed by atoms with E-state index in [1.165, 1.54) is 43.7 Å². The number of aromatic carboxylic acids is 2. The van der Waals surface area contributed by atoms with E-state index in [0.717, 1.165) is 19.1 Å². The summed E-state index contributed by atoms with van der Waals surface area (Å²) in [5.41, 5.74) is -0.380. The molecule has 138 valence electrons. The summed E-state index contributed by atoms with van der Waals surface area (Å²) in [4.78, 5) is 23.5. The Balaban J connectivity index is 0.000000251. The molecule has 0 fully saturated rings. The van der Waals surface area contributed by atoms with Gasteiger partial charge in [0, 0.05) is 6.42 Å². The molecule has 0 amide bonds. The lowest BCUT2D eigenvalue weighted by Crippen LogP contribution is -2.35. The maximum atomic E-state index is 10.5. The van der Waals surface area contributed by atoms with Gasteiger partial charge in [-0.3, -0.25) is 9.48 Å². The molecule has 1 aliphatic rings. The second kappa shape index (κ2) is 9.81. The van der Waals surface area contributed by atoms with Crippen molar-refractivity contribution in [2.24, 2.45) is 0 Å². The fraction of sp³-hybridized carbons (Fsp3) is 0.526. The molecule has 0 saturated heterocycles. The highest BCUT2D eigenvalue weighted by atomic mass is 16.4. The van der Waals surface area contributed by atoms with E-state index in [4.69, 9.17) is 10.2 Å². The Kier molecular flexibility index (Phi) is 8.11. The average Bonchev–Trinajstić information content (AvgIpc) is 2.98. The molecule has 1 unspecified atom stereocenters. The van der Waals surface area contributed by atoms with Crippen molar-refractivity contribution < 1.29 is 24.4 Å². The highest BCUT2D eigenvalue weighted by Crippen LogP contribution is 2.14. The molecule has 1 atom stereocenters. The molecule has 1 aromatic rings. The van der Waals surface area contributed by atoms with E-state index in [1.807, 2.05) is 0 Å². The molecule has 25 heavy (non-hydrogen) atoms. The van der Waals surface area contributed by atoms with Crippen LogP contribution in [0.25, 0.3) is 0 Å². The van der Waals surface area contributed by atoms with Crippen molar-refractivity contribution >= 4 is 17.8 Å². The predicted molar refractivity (Wildman–Crippen MR) is 97.8 cm³/mol. The lowest BCUT2D eigenvalue weighted by Gasteiger charge is -2.16. The van der Waals surface area contributed by atoms with Crippen molar-refractivity contribution in [1.82, 2.24) is 4.90 Å². The number of carboxylic acid groups (broad SMARTS) is 2. The van der Waals surface area contributed by atoms with Crippen molar-refractivity contribution in [3.8, 4) is 0 Å². The third-order valence-electron chi connectivity index (χ3n) is 4.47. The van der Waals surface area contributed by atoms with E-state index in [0.29, 0.717) is 0 Å². The largest absolute Gasteiger partial charge is 0.478 e. The molecule has 0 bridgehead atoms. The van der Waals surface area contributed by atoms with E-state index < -0.39 is 11.9 Å². The molecule has 6 nitrogen and oxygen atoms in total. The van der Waals surface area contributed by atoms with Crippen LogP contribution in [0.4, 0.5) is 0 Å². The monoisotopic (exact) mass is 349 g/mol. The molecule has 0 radical (unpaired) electrons. The van der Waals surface area contributed by atoms with Crippen LogP contribution in [0, 0.1) is 0 Å². The third kappa shape index (κ3) is 5.05. The maximum Gasteiger partial charge on any atom is 0.336 e. The number of amidine groups is 1. The average molecular weight is 349 g/mol. The Morgan fingerprint density at radius 1 is 1.08 bits per heavy atom. The summed E-state index contributed by atoms with van der Waals surface area (Å²) in [5, 5.41) is 17.1. The van der Waals surface area contributed by atoms with Crippen LogP contribution >= 0.6 is 0 Å². The minimum absolute atomic E-state index is 0.190. The van der Waals surface area contributed by atoms with Crippen LogP contribution in [0.15, 0.2) is 24.3 Å². The fourth-order valence-electron chi connectivity index (χ4n) is 3.24. The first-order valence-electron chi connectivity index (χ1n) is 8.84. The summed E-state index contributed by atoms with van der Waals surface area (Å²) in [6.45, 7) is 12.6. The molecular formula is C19H29N2O4+. The number of likely N-dealkylation sites (N-methyl/N-ethyl adjacent to an activating group) is 2. The zero-order valence-corrected chi connectivity index (χ0v) is 15.5. The molecular weight excluding hydrogens is 320 g/mol. The Bertz CT molecular complexity index is 607. The second-order valence-electron chi connectivity index (χ2n) is 5.81. The summed E-state index contributed by atoms with van der Waals surface area (Å²) in [6.07, 6.45) is 2.45. The van der Waals surface area contributed by atoms with Crippen LogP contribution in [0.2, 0.25) is 0 Å². The summed E-state index contributed by atoms with van der Waals surface area (Å²) in [5.74, 6) is -0.905. The van der Waals surface area contributed by atoms with Crippen LogP contribution in [0.1, 0.15) is 61.3 Å². The van der Waals surface area contributed by atoms with E-state index in [-0.39, 0.29) is 11.1 Å². The molecule has 6 heteroatoms. The first kappa shape index (κ1) is 20.7. The number of hydrogen-bond donors (Lipinski definition) is 2. The van der Waals surface area contributed by atoms with Gasteiger partial charge < -0.3 is 10.2 Å². The maximum absolute atomic E-state index is 10.5. The minimum atomic E-state index is -1.23. The van der Waals surface area contributed by atoms with Gasteiger partial charge in [-0.05, 0) is 32.4 Å². The van der Waals surface area contributed by atoms with Gasteiger partial charge in [-0.1, -0.05) is 26.0 Å². The first-order chi connectivity index (χ1) is 11.9. The molecule has 0 aliphatic carbocycles. The zero-order chi connectivity index (χ0) is 19.0. The first-order valence-corrected chi connectivity index (χ1v) is 8.84. The number of rotatable bonds is 6. The molecule has 0 spiro atoms. The topological polar surface area (TPSA) is 80.8 Å². The van der Waals surface area contributed by atoms with E-state index in [2.05, 4.69) is 37.2 Å². The molecule has 0 saturated carbocycles. The highest BCUT2D eigenvalue weighted by Gasteiger charge is 2.35. The summed E-state index contributed by atoms with van der Waals surface area (Å²) >= 11 is 0. The quantitative estimate of drug-likeness (QED) is 0.772. The highest BCUT2D eigenvalue weighted by molar-refractivity contribution is 6.01. The summed E-state index contributed by atoms with van der Waals surface area (Å²) in [6, 6.07) is 6.24. The predicted octanol–water partition coefficient (Wildman–Crippen LogP) is 3.02. The molecule has 1 heterocycles. The second-order valence-corrected chi connectivity index (χ2v) is 5.81. The number of nitrogens with zero attached hydrogens (tertiary/aromatic N) is 2. The Morgan fingerprint density at radius 2 is 1.60 bits per heavy atom. The van der Waals surface area contributed by atoms with Gasteiger partial charge in [-0.2, -0.15) is 0 Å². The van der Waals surface area contributed by atoms with Gasteiger partial charge >= 0.3 is 11.9 Å². The van der Waals surface area contributed by atoms with Gasteiger partial charge in [0.2, 0.25) is 5.84 Å². The van der Waals surface area contributed by atoms with Crippen LogP contribution in [-0.2, 0) is 0 Å². The smallest absolute Gasteiger partial charge is 0.336 e. The summed E-state index contributed by atoms with van der Waals surface area (Å²) in [7, 11) is 0. The van der Waals surface area contributed by atoms with Crippen molar-refractivity contribution in [2.75, 3.05) is 19.6 Å². The number of benzene rings is 1. The van der Waals surface area contributed by atoms with Crippen LogP contribution in [-0.4, -0.2) is 63.1 Å². The number of hydrogen-bond acceptors (Lipinski definition) is 3. The molecule has 2 N–H and O–H groups in total. The molecule has 1 aliphatic heterocycles. The van der Waals surface area contributed by atoms with Gasteiger partial charge in [0.15, 0.2) is 0 Å². The Labute approximate surface area is 149 Å². The van der Waals surface area contributed by atoms with Crippen molar-refractivity contribution in [3.63, 3.8) is 0 Å². The third-order valence-corrected chi connectivity index (χ3v) is 4.47. The van der Waals surface area contributed by atoms with Gasteiger partial charge in [-0.25, -0.2) is 9.59 Å². The fourth-order valence-corrected chi connectivity index (χ4v) is 3.24. The zero-order valence-electron chi connectivity index (χ0n) is 15.5. The van der Waals surface area contributed by atoms with Crippen LogP contribution in [0.3, 0.4) is 0 Å². The Morgan fingerprint density at radius 3 is 1.92 bits per heavy atom. The normalized spacial score (nSPS) is 16.5. The SMILES string of the molecule is CCC1=[N+](CC)CC(CC)N1CC.O=C(O)c1ccccc1C(=O)O. The van der Waals surface area contributed by atoms with Gasteiger partial charge in [0.25, 0.3) is 0 Å². The van der Waals surface area contributed by atoms with Crippen LogP contribution < -0.4 is 0 Å². The Hall–Kier alpha value is -2.37. The van der Waals surface area contributed by atoms with Crippen molar-refractivity contribution in [1.29, 1.82) is 0 Å². The number of carbonyl (C=O) groups is 2. The minimum Gasteiger partial charge on any atom is -0.478 e. The van der Waals surface area contributed by atoms with Crippen LogP contribution in [0.5, 0.6) is 0 Å². The van der Waals surface area contributed by atoms with Crippen molar-refractivity contribution in [2.45, 2.75) is 46.6 Å². The lowest BCUT2D eigenvalue weighted by atomic mass is 10.1. The van der Waals surface area contributed by atoms with E-state index >= 15 is 0 Å². The molecule has 1 aromatic carbocycles. The van der Waals surface area contributed by atoms with E-state index in [1.54, 1.807) is 5.84 Å². The lowest BCUT2D eigenvalue weighted by molar-refractivity contribution is -0.518. The van der Waals surface area contributed by atoms with Gasteiger partial charge in [0.1, 0.15) is 12.6 Å². The number of carboxylic acids is 2. The van der Waals surface area contributed by atoms with E-state index in [9.17, 15) is 9.59 Å². The summed E-state index contributed by atoms with van der Waals surface area (Å²) < 4.78 is 2.53. The van der Waals surface area contributed by atoms with Gasteiger partial charge in [0.05, 0.1) is 24.2 Å². The standard InChI is InChI=1S/C11H23N2.C8H6O4/c1-5-10-9-12(7-3)11(6-2)13(10)8-4;9-7(10)5-3-1-2-4-6(5)8(11)12/h10H,5-9H2,1-4H3;1-4H,(H,9,10)(H,11,12)/q+1;. The molecule has 2 rings (SSSR count). The van der Waals surface area contributed by atoms with Gasteiger partial charge in [-0.15, -0.1) is 0 Å². The van der Waals surface area contributed by atoms with Crippen molar-refractivity contribution in [3.05, 3.63) is 35.4 Å². The molecule has 0 aromatic heterocycles.